The second-order valence-electron chi connectivity index (χ2n) is 6.89. The van der Waals surface area contributed by atoms with Crippen molar-refractivity contribution < 1.29 is 14.4 Å². The summed E-state index contributed by atoms with van der Waals surface area (Å²) in [5.74, 6) is -0.864. The lowest BCUT2D eigenvalue weighted by molar-refractivity contribution is 0.0642. The summed E-state index contributed by atoms with van der Waals surface area (Å²) in [6.45, 7) is 2.39. The molecule has 0 bridgehead atoms. The highest BCUT2D eigenvalue weighted by Crippen LogP contribution is 2.24. The number of aryl methyl sites for hydroxylation is 1. The van der Waals surface area contributed by atoms with Gasteiger partial charge in [-0.3, -0.25) is 24.3 Å². The Bertz CT molecular complexity index is 1090. The van der Waals surface area contributed by atoms with Gasteiger partial charge in [0.25, 0.3) is 17.7 Å². The smallest absolute Gasteiger partial charge is 0.261 e. The van der Waals surface area contributed by atoms with Gasteiger partial charge in [0.1, 0.15) is 0 Å². The lowest BCUT2D eigenvalue weighted by Crippen LogP contribution is -2.29. The molecule has 0 saturated heterocycles. The molecule has 1 aromatic heterocycles. The quantitative estimate of drug-likeness (QED) is 0.685. The summed E-state index contributed by atoms with van der Waals surface area (Å²) in [6, 6.07) is 17.5. The van der Waals surface area contributed by atoms with Crippen molar-refractivity contribution in [2.45, 2.75) is 20.0 Å². The molecule has 2 aromatic carbocycles. The number of aromatic nitrogens is 1. The normalized spacial score (nSPS) is 12.8. The maximum Gasteiger partial charge on any atom is 0.261 e. The van der Waals surface area contributed by atoms with Crippen molar-refractivity contribution in [2.24, 2.45) is 0 Å². The van der Waals surface area contributed by atoms with E-state index in [1.807, 2.05) is 19.1 Å². The van der Waals surface area contributed by atoms with Crippen LogP contribution in [0.3, 0.4) is 0 Å². The molecule has 3 amide bonds. The van der Waals surface area contributed by atoms with Crippen LogP contribution in [0.25, 0.3) is 0 Å². The summed E-state index contributed by atoms with van der Waals surface area (Å²) in [7, 11) is 0. The first-order chi connectivity index (χ1) is 14.0. The van der Waals surface area contributed by atoms with Gasteiger partial charge in [-0.15, -0.1) is 0 Å². The van der Waals surface area contributed by atoms with E-state index < -0.39 is 0 Å². The highest BCUT2D eigenvalue weighted by Gasteiger charge is 2.34. The third kappa shape index (κ3) is 3.65. The molecule has 0 saturated carbocycles. The van der Waals surface area contributed by atoms with Gasteiger partial charge in [-0.25, -0.2) is 0 Å². The molecule has 2 heterocycles. The Balaban J connectivity index is 1.47. The topological polar surface area (TPSA) is 79.4 Å². The number of nitrogens with zero attached hydrogens (tertiary/aromatic N) is 2. The standard InChI is InChI=1S/C23H19N3O3/c1-15-6-5-11-24-20(15)13-25-21(27)17-8-4-7-16(12-17)14-26-22(28)18-9-2-3-10-19(18)23(26)29/h2-12H,13-14H2,1H3,(H,25,27). The Morgan fingerprint density at radius 2 is 1.69 bits per heavy atom. The number of fused-ring (bicyclic) bond motifs is 1. The highest BCUT2D eigenvalue weighted by molar-refractivity contribution is 6.21. The third-order valence-electron chi connectivity index (χ3n) is 4.94. The minimum absolute atomic E-state index is 0.118. The van der Waals surface area contributed by atoms with E-state index in [0.717, 1.165) is 11.3 Å². The van der Waals surface area contributed by atoms with Crippen LogP contribution in [0, 0.1) is 6.92 Å². The van der Waals surface area contributed by atoms with E-state index in [1.165, 1.54) is 4.90 Å². The van der Waals surface area contributed by atoms with Crippen LogP contribution in [0.15, 0.2) is 66.9 Å². The van der Waals surface area contributed by atoms with Crippen LogP contribution in [-0.2, 0) is 13.1 Å². The minimum Gasteiger partial charge on any atom is -0.346 e. The maximum atomic E-state index is 12.5. The zero-order valence-electron chi connectivity index (χ0n) is 15.9. The average Bonchev–Trinajstić information content (AvgIpc) is 2.98. The molecule has 0 spiro atoms. The van der Waals surface area contributed by atoms with Crippen LogP contribution < -0.4 is 5.32 Å². The molecule has 1 aliphatic heterocycles. The molecule has 0 aliphatic carbocycles. The first-order valence-corrected chi connectivity index (χ1v) is 9.27. The summed E-state index contributed by atoms with van der Waals surface area (Å²) in [5, 5.41) is 2.86. The molecule has 0 fully saturated rings. The molecule has 1 N–H and O–H groups in total. The van der Waals surface area contributed by atoms with Crippen molar-refractivity contribution in [3.8, 4) is 0 Å². The van der Waals surface area contributed by atoms with Crippen molar-refractivity contribution in [3.05, 3.63) is 100 Å². The molecule has 29 heavy (non-hydrogen) atoms. The van der Waals surface area contributed by atoms with Crippen molar-refractivity contribution in [2.75, 3.05) is 0 Å². The van der Waals surface area contributed by atoms with E-state index in [-0.39, 0.29) is 24.3 Å². The minimum atomic E-state index is -0.314. The number of imide groups is 1. The summed E-state index contributed by atoms with van der Waals surface area (Å²) in [5.41, 5.74) is 3.82. The van der Waals surface area contributed by atoms with E-state index in [2.05, 4.69) is 10.3 Å². The lowest BCUT2D eigenvalue weighted by Gasteiger charge is -2.14. The number of nitrogens with one attached hydrogen (secondary N) is 1. The van der Waals surface area contributed by atoms with Crippen molar-refractivity contribution >= 4 is 17.7 Å². The molecule has 144 valence electrons. The van der Waals surface area contributed by atoms with Gasteiger partial charge in [0.15, 0.2) is 0 Å². The molecule has 0 radical (unpaired) electrons. The molecule has 1 aliphatic rings. The number of hydrogen-bond donors (Lipinski definition) is 1. The largest absolute Gasteiger partial charge is 0.346 e. The van der Waals surface area contributed by atoms with Crippen LogP contribution in [0.2, 0.25) is 0 Å². The van der Waals surface area contributed by atoms with Crippen LogP contribution >= 0.6 is 0 Å². The number of carbonyl (C=O) groups is 3. The number of carbonyl (C=O) groups excluding carboxylic acids is 3. The SMILES string of the molecule is Cc1cccnc1CNC(=O)c1cccc(CN2C(=O)c3ccccc3C2=O)c1. The Morgan fingerprint density at radius 1 is 0.966 bits per heavy atom. The van der Waals surface area contributed by atoms with Crippen LogP contribution in [0.5, 0.6) is 0 Å². The van der Waals surface area contributed by atoms with E-state index in [1.54, 1.807) is 54.7 Å². The summed E-state index contributed by atoms with van der Waals surface area (Å²) < 4.78 is 0. The number of benzene rings is 2. The molecule has 0 atom stereocenters. The van der Waals surface area contributed by atoms with E-state index in [0.29, 0.717) is 28.8 Å². The van der Waals surface area contributed by atoms with Gasteiger partial charge >= 0.3 is 0 Å². The van der Waals surface area contributed by atoms with Gasteiger partial charge < -0.3 is 5.32 Å². The van der Waals surface area contributed by atoms with Crippen LogP contribution in [-0.4, -0.2) is 27.6 Å². The van der Waals surface area contributed by atoms with E-state index in [4.69, 9.17) is 0 Å². The molecule has 6 heteroatoms. The monoisotopic (exact) mass is 385 g/mol. The van der Waals surface area contributed by atoms with Crippen molar-refractivity contribution in [3.63, 3.8) is 0 Å². The Kier molecular flexibility index (Phi) is 4.91. The average molecular weight is 385 g/mol. The molecule has 3 aromatic rings. The molecular formula is C23H19N3O3. The fourth-order valence-electron chi connectivity index (χ4n) is 3.35. The predicted molar refractivity (Wildman–Crippen MR) is 107 cm³/mol. The van der Waals surface area contributed by atoms with Gasteiger partial charge in [-0.2, -0.15) is 0 Å². The van der Waals surface area contributed by atoms with Gasteiger partial charge in [0, 0.05) is 11.8 Å². The zero-order valence-corrected chi connectivity index (χ0v) is 15.9. The highest BCUT2D eigenvalue weighted by atomic mass is 16.2. The van der Waals surface area contributed by atoms with Crippen LogP contribution in [0.1, 0.15) is 47.9 Å². The number of pyridine rings is 1. The Morgan fingerprint density at radius 3 is 2.38 bits per heavy atom. The van der Waals surface area contributed by atoms with Gasteiger partial charge in [0.2, 0.25) is 0 Å². The van der Waals surface area contributed by atoms with Crippen molar-refractivity contribution in [1.82, 2.24) is 15.2 Å². The molecule has 0 unspecified atom stereocenters. The van der Waals surface area contributed by atoms with E-state index >= 15 is 0 Å². The van der Waals surface area contributed by atoms with Gasteiger partial charge in [-0.1, -0.05) is 30.3 Å². The predicted octanol–water partition coefficient (Wildman–Crippen LogP) is 3.12. The third-order valence-corrected chi connectivity index (χ3v) is 4.94. The summed E-state index contributed by atoms with van der Waals surface area (Å²) in [6.07, 6.45) is 1.69. The molecule has 4 rings (SSSR count). The number of rotatable bonds is 5. The Labute approximate surface area is 168 Å². The zero-order chi connectivity index (χ0) is 20.4. The Hall–Kier alpha value is -3.80. The second-order valence-corrected chi connectivity index (χ2v) is 6.89. The van der Waals surface area contributed by atoms with Crippen molar-refractivity contribution in [1.29, 1.82) is 0 Å². The molecule has 6 nitrogen and oxygen atoms in total. The number of amides is 3. The van der Waals surface area contributed by atoms with Gasteiger partial charge in [-0.05, 0) is 48.4 Å². The molecular weight excluding hydrogens is 366 g/mol. The fourth-order valence-corrected chi connectivity index (χ4v) is 3.35. The first-order valence-electron chi connectivity index (χ1n) is 9.27. The second kappa shape index (κ2) is 7.67. The maximum absolute atomic E-state index is 12.5. The van der Waals surface area contributed by atoms with Crippen LogP contribution in [0.4, 0.5) is 0 Å². The lowest BCUT2D eigenvalue weighted by atomic mass is 10.1. The first kappa shape index (κ1) is 18.6. The van der Waals surface area contributed by atoms with E-state index in [9.17, 15) is 14.4 Å². The summed E-state index contributed by atoms with van der Waals surface area (Å²) >= 11 is 0. The summed E-state index contributed by atoms with van der Waals surface area (Å²) in [4.78, 5) is 43.1. The fraction of sp³-hybridized carbons (Fsp3) is 0.130. The number of hydrogen-bond acceptors (Lipinski definition) is 4. The van der Waals surface area contributed by atoms with Gasteiger partial charge in [0.05, 0.1) is 29.9 Å².